The summed E-state index contributed by atoms with van der Waals surface area (Å²) in [7, 11) is 0. The molecule has 0 radical (unpaired) electrons. The Kier molecular flexibility index (Phi) is 9.61. The van der Waals surface area contributed by atoms with Gasteiger partial charge in [-0.2, -0.15) is 0 Å². The van der Waals surface area contributed by atoms with Gasteiger partial charge in [-0.25, -0.2) is 0 Å². The summed E-state index contributed by atoms with van der Waals surface area (Å²) < 4.78 is 11.8. The van der Waals surface area contributed by atoms with E-state index >= 15 is 0 Å². The number of hydrogen-bond acceptors (Lipinski definition) is 4. The summed E-state index contributed by atoms with van der Waals surface area (Å²) in [5, 5.41) is 5.83. The van der Waals surface area contributed by atoms with Crippen molar-refractivity contribution in [1.29, 1.82) is 0 Å². The number of anilines is 2. The maximum Gasteiger partial charge on any atom is 0.255 e. The predicted molar refractivity (Wildman–Crippen MR) is 167 cm³/mol. The van der Waals surface area contributed by atoms with Gasteiger partial charge in [-0.05, 0) is 59.7 Å². The van der Waals surface area contributed by atoms with Crippen molar-refractivity contribution < 1.29 is 19.1 Å². The average molecular weight is 557 g/mol. The van der Waals surface area contributed by atoms with E-state index in [2.05, 4.69) is 34.9 Å². The van der Waals surface area contributed by atoms with Crippen molar-refractivity contribution in [2.24, 2.45) is 0 Å². The van der Waals surface area contributed by atoms with Gasteiger partial charge in [0.2, 0.25) is 0 Å². The van der Waals surface area contributed by atoms with Gasteiger partial charge in [-0.1, -0.05) is 84.9 Å². The zero-order valence-electron chi connectivity index (χ0n) is 23.2. The van der Waals surface area contributed by atoms with Gasteiger partial charge in [0.25, 0.3) is 11.8 Å². The van der Waals surface area contributed by atoms with Crippen LogP contribution in [0.4, 0.5) is 11.4 Å². The molecule has 6 nitrogen and oxygen atoms in total. The Labute approximate surface area is 245 Å². The highest BCUT2D eigenvalue weighted by atomic mass is 16.5. The van der Waals surface area contributed by atoms with Crippen LogP contribution < -0.4 is 20.1 Å². The summed E-state index contributed by atoms with van der Waals surface area (Å²) in [6, 6.07) is 41.4. The lowest BCUT2D eigenvalue weighted by atomic mass is 10.1. The molecule has 0 aliphatic rings. The van der Waals surface area contributed by atoms with Crippen molar-refractivity contribution in [1.82, 2.24) is 0 Å². The van der Waals surface area contributed by atoms with Gasteiger partial charge in [0.15, 0.2) is 0 Å². The zero-order valence-corrected chi connectivity index (χ0v) is 23.2. The molecular weight excluding hydrogens is 524 g/mol. The van der Waals surface area contributed by atoms with Crippen LogP contribution in [-0.4, -0.2) is 25.0 Å². The summed E-state index contributed by atoms with van der Waals surface area (Å²) >= 11 is 0. The SMILES string of the molecule is O=C(Nc1ccccc1NC(=O)c1cccc(OCCc2ccccc2)c1)c1cccc(OCCc2ccccc2)c1. The van der Waals surface area contributed by atoms with Crippen LogP contribution in [0.25, 0.3) is 0 Å². The molecule has 0 aromatic heterocycles. The molecule has 0 unspecified atom stereocenters. The number of nitrogens with one attached hydrogen (secondary N) is 2. The maximum absolute atomic E-state index is 13.1. The topological polar surface area (TPSA) is 76.7 Å². The number of carbonyl (C=O) groups excluding carboxylic acids is 2. The quantitative estimate of drug-likeness (QED) is 0.168. The van der Waals surface area contributed by atoms with E-state index in [0.29, 0.717) is 47.2 Å². The predicted octanol–water partition coefficient (Wildman–Crippen LogP) is 7.43. The molecule has 2 amide bonds. The van der Waals surface area contributed by atoms with E-state index < -0.39 is 0 Å². The van der Waals surface area contributed by atoms with E-state index in [-0.39, 0.29) is 11.8 Å². The molecule has 0 atom stereocenters. The van der Waals surface area contributed by atoms with E-state index in [1.807, 2.05) is 48.5 Å². The summed E-state index contributed by atoms with van der Waals surface area (Å²) in [5.74, 6) is 0.620. The third-order valence-corrected chi connectivity index (χ3v) is 6.62. The molecule has 2 N–H and O–H groups in total. The third kappa shape index (κ3) is 8.08. The molecule has 0 heterocycles. The lowest BCUT2D eigenvalue weighted by Gasteiger charge is -2.14. The lowest BCUT2D eigenvalue weighted by Crippen LogP contribution is -2.17. The highest BCUT2D eigenvalue weighted by Gasteiger charge is 2.13. The first-order chi connectivity index (χ1) is 20.6. The van der Waals surface area contributed by atoms with Crippen molar-refractivity contribution >= 4 is 23.2 Å². The Balaban J connectivity index is 1.18. The number of carbonyl (C=O) groups is 2. The molecule has 210 valence electrons. The van der Waals surface area contributed by atoms with Crippen LogP contribution in [0.15, 0.2) is 133 Å². The number of benzene rings is 5. The number of para-hydroxylation sites is 2. The molecule has 0 spiro atoms. The number of ether oxygens (including phenoxy) is 2. The van der Waals surface area contributed by atoms with Gasteiger partial charge in [0, 0.05) is 24.0 Å². The molecule has 0 saturated carbocycles. The molecule has 42 heavy (non-hydrogen) atoms. The van der Waals surface area contributed by atoms with Crippen LogP contribution in [-0.2, 0) is 12.8 Å². The zero-order chi connectivity index (χ0) is 29.0. The largest absolute Gasteiger partial charge is 0.493 e. The average Bonchev–Trinajstić information content (AvgIpc) is 3.03. The summed E-state index contributed by atoms with van der Waals surface area (Å²) in [6.07, 6.45) is 1.54. The second-order valence-corrected chi connectivity index (χ2v) is 9.68. The van der Waals surface area contributed by atoms with Gasteiger partial charge < -0.3 is 20.1 Å². The Morgan fingerprint density at radius 2 is 0.881 bits per heavy atom. The number of hydrogen-bond donors (Lipinski definition) is 2. The highest BCUT2D eigenvalue weighted by Crippen LogP contribution is 2.24. The normalized spacial score (nSPS) is 10.5. The maximum atomic E-state index is 13.1. The second-order valence-electron chi connectivity index (χ2n) is 9.68. The molecule has 6 heteroatoms. The van der Waals surface area contributed by atoms with Gasteiger partial charge in [0.05, 0.1) is 24.6 Å². The molecule has 0 bridgehead atoms. The molecule has 0 saturated heterocycles. The fourth-order valence-electron chi connectivity index (χ4n) is 4.41. The number of amides is 2. The summed E-state index contributed by atoms with van der Waals surface area (Å²) in [5.41, 5.74) is 4.25. The van der Waals surface area contributed by atoms with Crippen LogP contribution in [0.2, 0.25) is 0 Å². The lowest BCUT2D eigenvalue weighted by molar-refractivity contribution is 0.101. The summed E-state index contributed by atoms with van der Waals surface area (Å²) in [4.78, 5) is 26.2. The first kappa shape index (κ1) is 28.2. The molecule has 5 aromatic rings. The van der Waals surface area contributed by atoms with Crippen LogP contribution in [0.1, 0.15) is 31.8 Å². The van der Waals surface area contributed by atoms with Crippen molar-refractivity contribution in [3.05, 3.63) is 156 Å². The Hall–Kier alpha value is -5.36. The van der Waals surface area contributed by atoms with Crippen LogP contribution in [0, 0.1) is 0 Å². The monoisotopic (exact) mass is 556 g/mol. The van der Waals surface area contributed by atoms with Gasteiger partial charge in [-0.3, -0.25) is 9.59 Å². The molecule has 0 aliphatic heterocycles. The molecule has 0 fully saturated rings. The fraction of sp³-hybridized carbons (Fsp3) is 0.111. The van der Waals surface area contributed by atoms with E-state index in [0.717, 1.165) is 12.8 Å². The Morgan fingerprint density at radius 3 is 1.31 bits per heavy atom. The van der Waals surface area contributed by atoms with E-state index in [9.17, 15) is 9.59 Å². The Bertz CT molecular complexity index is 1500. The van der Waals surface area contributed by atoms with E-state index in [1.54, 1.807) is 60.7 Å². The first-order valence-corrected chi connectivity index (χ1v) is 13.9. The third-order valence-electron chi connectivity index (χ3n) is 6.62. The molecule has 5 aromatic carbocycles. The minimum absolute atomic E-state index is 0.306. The highest BCUT2D eigenvalue weighted by molar-refractivity contribution is 6.10. The Morgan fingerprint density at radius 1 is 0.476 bits per heavy atom. The number of rotatable bonds is 12. The fourth-order valence-corrected chi connectivity index (χ4v) is 4.41. The van der Waals surface area contributed by atoms with Crippen LogP contribution in [0.3, 0.4) is 0 Å². The minimum Gasteiger partial charge on any atom is -0.493 e. The summed E-state index contributed by atoms with van der Waals surface area (Å²) in [6.45, 7) is 1.01. The van der Waals surface area contributed by atoms with Crippen LogP contribution in [0.5, 0.6) is 11.5 Å². The standard InChI is InChI=1S/C36H32N2O4/c39-35(29-15-9-17-31(25-29)41-23-21-27-11-3-1-4-12-27)37-33-19-7-8-20-34(33)38-36(40)30-16-10-18-32(26-30)42-24-22-28-13-5-2-6-14-28/h1-20,25-26H,21-24H2,(H,37,39)(H,38,40). The minimum atomic E-state index is -0.306. The van der Waals surface area contributed by atoms with Crippen molar-refractivity contribution in [3.63, 3.8) is 0 Å². The molecule has 5 rings (SSSR count). The first-order valence-electron chi connectivity index (χ1n) is 13.9. The van der Waals surface area contributed by atoms with E-state index in [4.69, 9.17) is 9.47 Å². The van der Waals surface area contributed by atoms with Crippen molar-refractivity contribution in [2.45, 2.75) is 12.8 Å². The van der Waals surface area contributed by atoms with E-state index in [1.165, 1.54) is 11.1 Å². The van der Waals surface area contributed by atoms with Gasteiger partial charge >= 0.3 is 0 Å². The van der Waals surface area contributed by atoms with Gasteiger partial charge in [0.1, 0.15) is 11.5 Å². The second kappa shape index (κ2) is 14.3. The molecular formula is C36H32N2O4. The van der Waals surface area contributed by atoms with Gasteiger partial charge in [-0.15, -0.1) is 0 Å². The van der Waals surface area contributed by atoms with Crippen LogP contribution >= 0.6 is 0 Å². The molecule has 0 aliphatic carbocycles. The smallest absolute Gasteiger partial charge is 0.255 e. The van der Waals surface area contributed by atoms with Crippen molar-refractivity contribution in [3.8, 4) is 11.5 Å². The van der Waals surface area contributed by atoms with Crippen molar-refractivity contribution in [2.75, 3.05) is 23.8 Å².